The van der Waals surface area contributed by atoms with Crippen LogP contribution in [0.5, 0.6) is 11.5 Å². The molecule has 2 aromatic rings. The Morgan fingerprint density at radius 3 is 2.50 bits per heavy atom. The van der Waals surface area contributed by atoms with Crippen LogP contribution in [0.15, 0.2) is 42.5 Å². The number of hydrogen-bond donors (Lipinski definition) is 1. The lowest BCUT2D eigenvalue weighted by atomic mass is 10.2. The van der Waals surface area contributed by atoms with E-state index in [1.165, 1.54) is 0 Å². The average Bonchev–Trinajstić information content (AvgIpc) is 2.47. The highest BCUT2D eigenvalue weighted by molar-refractivity contribution is 6.30. The van der Waals surface area contributed by atoms with Gasteiger partial charge >= 0.3 is 0 Å². The van der Waals surface area contributed by atoms with Crippen molar-refractivity contribution in [1.82, 2.24) is 5.32 Å². The monoisotopic (exact) mass is 291 g/mol. The Labute approximate surface area is 124 Å². The molecule has 0 aliphatic rings. The first-order valence-corrected chi connectivity index (χ1v) is 6.79. The van der Waals surface area contributed by atoms with Crippen molar-refractivity contribution < 1.29 is 9.47 Å². The average molecular weight is 292 g/mol. The highest BCUT2D eigenvalue weighted by Crippen LogP contribution is 2.24. The summed E-state index contributed by atoms with van der Waals surface area (Å²) in [6.07, 6.45) is 0. The molecule has 0 amide bonds. The summed E-state index contributed by atoms with van der Waals surface area (Å²) in [7, 11) is 3.55. The van der Waals surface area contributed by atoms with E-state index in [2.05, 4.69) is 5.32 Å². The SMILES string of the molecule is CNCc1cc(Cl)ccc1OCc1ccc(OC)cc1. The molecule has 0 atom stereocenters. The number of ether oxygens (including phenoxy) is 2. The summed E-state index contributed by atoms with van der Waals surface area (Å²) < 4.78 is 11.0. The Kier molecular flexibility index (Phi) is 5.27. The molecule has 0 heterocycles. The van der Waals surface area contributed by atoms with Crippen molar-refractivity contribution in [2.45, 2.75) is 13.2 Å². The van der Waals surface area contributed by atoms with E-state index < -0.39 is 0 Å². The van der Waals surface area contributed by atoms with Gasteiger partial charge in [-0.3, -0.25) is 0 Å². The van der Waals surface area contributed by atoms with E-state index in [0.717, 1.165) is 29.2 Å². The molecule has 4 heteroatoms. The van der Waals surface area contributed by atoms with Gasteiger partial charge in [-0.05, 0) is 42.9 Å². The molecule has 0 fully saturated rings. The van der Waals surface area contributed by atoms with Gasteiger partial charge in [-0.15, -0.1) is 0 Å². The fraction of sp³-hybridized carbons (Fsp3) is 0.250. The van der Waals surface area contributed by atoms with Crippen LogP contribution in [-0.2, 0) is 13.2 Å². The molecule has 0 aliphatic carbocycles. The number of benzene rings is 2. The number of hydrogen-bond acceptors (Lipinski definition) is 3. The van der Waals surface area contributed by atoms with Gasteiger partial charge in [-0.1, -0.05) is 23.7 Å². The summed E-state index contributed by atoms with van der Waals surface area (Å²) in [4.78, 5) is 0. The van der Waals surface area contributed by atoms with Crippen LogP contribution >= 0.6 is 11.6 Å². The van der Waals surface area contributed by atoms with E-state index in [1.807, 2.05) is 49.5 Å². The minimum Gasteiger partial charge on any atom is -0.497 e. The van der Waals surface area contributed by atoms with Gasteiger partial charge in [0.25, 0.3) is 0 Å². The van der Waals surface area contributed by atoms with Gasteiger partial charge in [0, 0.05) is 17.1 Å². The van der Waals surface area contributed by atoms with E-state index in [-0.39, 0.29) is 0 Å². The van der Waals surface area contributed by atoms with Crippen LogP contribution < -0.4 is 14.8 Å². The van der Waals surface area contributed by atoms with E-state index in [4.69, 9.17) is 21.1 Å². The van der Waals surface area contributed by atoms with E-state index in [0.29, 0.717) is 11.6 Å². The maximum absolute atomic E-state index is 6.01. The first-order chi connectivity index (χ1) is 9.72. The number of rotatable bonds is 6. The molecule has 0 unspecified atom stereocenters. The summed E-state index contributed by atoms with van der Waals surface area (Å²) in [6, 6.07) is 13.5. The van der Waals surface area contributed by atoms with Gasteiger partial charge in [0.15, 0.2) is 0 Å². The van der Waals surface area contributed by atoms with Crippen molar-refractivity contribution in [2.75, 3.05) is 14.2 Å². The molecule has 0 radical (unpaired) electrons. The van der Waals surface area contributed by atoms with Crippen LogP contribution in [0.1, 0.15) is 11.1 Å². The molecule has 0 spiro atoms. The fourth-order valence-corrected chi connectivity index (χ4v) is 2.09. The first kappa shape index (κ1) is 14.7. The van der Waals surface area contributed by atoms with Crippen molar-refractivity contribution in [3.8, 4) is 11.5 Å². The van der Waals surface area contributed by atoms with Crippen molar-refractivity contribution >= 4 is 11.6 Å². The predicted octanol–water partition coefficient (Wildman–Crippen LogP) is 3.65. The largest absolute Gasteiger partial charge is 0.497 e. The second-order valence-electron chi connectivity index (χ2n) is 4.42. The highest BCUT2D eigenvalue weighted by Gasteiger charge is 2.05. The fourth-order valence-electron chi connectivity index (χ4n) is 1.90. The standard InChI is InChI=1S/C16H18ClNO2/c1-18-10-13-9-14(17)5-8-16(13)20-11-12-3-6-15(19-2)7-4-12/h3-9,18H,10-11H2,1-2H3. The predicted molar refractivity (Wildman–Crippen MR) is 81.5 cm³/mol. The molecule has 0 saturated heterocycles. The molecule has 0 saturated carbocycles. The third-order valence-corrected chi connectivity index (χ3v) is 3.18. The maximum atomic E-state index is 6.01. The molecule has 3 nitrogen and oxygen atoms in total. The Bertz CT molecular complexity index is 555. The van der Waals surface area contributed by atoms with E-state index in [9.17, 15) is 0 Å². The molecule has 20 heavy (non-hydrogen) atoms. The van der Waals surface area contributed by atoms with E-state index >= 15 is 0 Å². The molecule has 1 N–H and O–H groups in total. The Balaban J connectivity index is 2.05. The summed E-state index contributed by atoms with van der Waals surface area (Å²) in [5.41, 5.74) is 2.14. The number of methoxy groups -OCH3 is 1. The Morgan fingerprint density at radius 1 is 1.10 bits per heavy atom. The van der Waals surface area contributed by atoms with Gasteiger partial charge in [-0.2, -0.15) is 0 Å². The zero-order chi connectivity index (χ0) is 14.4. The summed E-state index contributed by atoms with van der Waals surface area (Å²) in [5.74, 6) is 1.69. The first-order valence-electron chi connectivity index (χ1n) is 6.41. The minimum absolute atomic E-state index is 0.516. The molecular formula is C16H18ClNO2. The lowest BCUT2D eigenvalue weighted by Crippen LogP contribution is -2.07. The Morgan fingerprint density at radius 2 is 1.85 bits per heavy atom. The van der Waals surface area contributed by atoms with Crippen LogP contribution in [0.3, 0.4) is 0 Å². The van der Waals surface area contributed by atoms with Crippen LogP contribution in [0, 0.1) is 0 Å². The second-order valence-corrected chi connectivity index (χ2v) is 4.86. The van der Waals surface area contributed by atoms with Gasteiger partial charge in [-0.25, -0.2) is 0 Å². The van der Waals surface area contributed by atoms with Crippen molar-refractivity contribution in [3.63, 3.8) is 0 Å². The van der Waals surface area contributed by atoms with Crippen molar-refractivity contribution in [1.29, 1.82) is 0 Å². The normalized spacial score (nSPS) is 10.3. The lowest BCUT2D eigenvalue weighted by Gasteiger charge is -2.12. The number of nitrogens with one attached hydrogen (secondary N) is 1. The summed E-state index contributed by atoms with van der Waals surface area (Å²) >= 11 is 6.01. The van der Waals surface area contributed by atoms with Crippen LogP contribution in [0.25, 0.3) is 0 Å². The van der Waals surface area contributed by atoms with Crippen molar-refractivity contribution in [2.24, 2.45) is 0 Å². The van der Waals surface area contributed by atoms with Crippen LogP contribution in [0.2, 0.25) is 5.02 Å². The van der Waals surface area contributed by atoms with Gasteiger partial charge in [0.2, 0.25) is 0 Å². The molecule has 0 bridgehead atoms. The lowest BCUT2D eigenvalue weighted by molar-refractivity contribution is 0.302. The van der Waals surface area contributed by atoms with Gasteiger partial charge < -0.3 is 14.8 Å². The quantitative estimate of drug-likeness (QED) is 0.881. The van der Waals surface area contributed by atoms with Gasteiger partial charge in [0.1, 0.15) is 18.1 Å². The highest BCUT2D eigenvalue weighted by atomic mass is 35.5. The van der Waals surface area contributed by atoms with Crippen LogP contribution in [-0.4, -0.2) is 14.2 Å². The number of halogens is 1. The molecular weight excluding hydrogens is 274 g/mol. The molecule has 0 aromatic heterocycles. The smallest absolute Gasteiger partial charge is 0.124 e. The van der Waals surface area contributed by atoms with E-state index in [1.54, 1.807) is 7.11 Å². The molecule has 106 valence electrons. The summed E-state index contributed by atoms with van der Waals surface area (Å²) in [5, 5.41) is 3.82. The minimum atomic E-state index is 0.516. The Hall–Kier alpha value is -1.71. The zero-order valence-corrected chi connectivity index (χ0v) is 12.4. The van der Waals surface area contributed by atoms with Crippen molar-refractivity contribution in [3.05, 3.63) is 58.6 Å². The van der Waals surface area contributed by atoms with Crippen LogP contribution in [0.4, 0.5) is 0 Å². The second kappa shape index (κ2) is 7.17. The third kappa shape index (κ3) is 3.89. The van der Waals surface area contributed by atoms with Gasteiger partial charge in [0.05, 0.1) is 7.11 Å². The molecule has 2 rings (SSSR count). The maximum Gasteiger partial charge on any atom is 0.124 e. The third-order valence-electron chi connectivity index (χ3n) is 2.94. The summed E-state index contributed by atoms with van der Waals surface area (Å²) in [6.45, 7) is 1.24. The zero-order valence-electron chi connectivity index (χ0n) is 11.7. The topological polar surface area (TPSA) is 30.5 Å². The molecule has 0 aliphatic heterocycles. The molecule has 2 aromatic carbocycles.